The second-order valence-electron chi connectivity index (χ2n) is 7.36. The number of ether oxygens (including phenoxy) is 2. The Balaban J connectivity index is 1.66. The summed E-state index contributed by atoms with van der Waals surface area (Å²) in [5.41, 5.74) is 5.17. The fraction of sp³-hybridized carbons (Fsp3) is 0.167. The monoisotopic (exact) mass is 369 g/mol. The van der Waals surface area contributed by atoms with E-state index in [0.717, 1.165) is 59.0 Å². The van der Waals surface area contributed by atoms with Crippen molar-refractivity contribution in [2.45, 2.75) is 19.8 Å². The van der Waals surface area contributed by atoms with Crippen molar-refractivity contribution in [2.75, 3.05) is 11.5 Å². The Morgan fingerprint density at radius 1 is 0.893 bits per heavy atom. The number of furan rings is 1. The van der Waals surface area contributed by atoms with Crippen molar-refractivity contribution in [2.24, 2.45) is 0 Å². The topological polar surface area (TPSA) is 34.8 Å². The van der Waals surface area contributed by atoms with Crippen molar-refractivity contribution in [3.05, 3.63) is 71.8 Å². The summed E-state index contributed by atoms with van der Waals surface area (Å²) in [6, 6.07) is 20.6. The van der Waals surface area contributed by atoms with Gasteiger partial charge in [0, 0.05) is 0 Å². The molecule has 0 fully saturated rings. The molecule has 0 amide bonds. The van der Waals surface area contributed by atoms with Gasteiger partial charge in [-0.25, -0.2) is 0 Å². The Bertz CT molecular complexity index is 1220. The van der Waals surface area contributed by atoms with E-state index in [1.54, 1.807) is 0 Å². The molecule has 2 aliphatic rings. The first kappa shape index (κ1) is 15.6. The molecule has 2 aliphatic heterocycles. The molecule has 0 spiro atoms. The quantitative estimate of drug-likeness (QED) is 0.332. The zero-order chi connectivity index (χ0) is 18.7. The maximum absolute atomic E-state index is 6.31. The van der Waals surface area contributed by atoms with Crippen LogP contribution in [0.4, 0.5) is 17.3 Å². The molecule has 0 radical (unpaired) electrons. The summed E-state index contributed by atoms with van der Waals surface area (Å²) in [6.07, 6.45) is 2.08. The largest absolute Gasteiger partial charge is 0.491 e. The van der Waals surface area contributed by atoms with Crippen LogP contribution < -0.4 is 14.4 Å². The first-order valence-corrected chi connectivity index (χ1v) is 9.64. The highest BCUT2D eigenvalue weighted by molar-refractivity contribution is 5.97. The molecule has 3 heterocycles. The lowest BCUT2D eigenvalue weighted by molar-refractivity contribution is 0.289. The zero-order valence-electron chi connectivity index (χ0n) is 15.6. The van der Waals surface area contributed by atoms with Crippen molar-refractivity contribution in [1.82, 2.24) is 0 Å². The summed E-state index contributed by atoms with van der Waals surface area (Å²) in [5, 5.41) is 0.986. The van der Waals surface area contributed by atoms with Gasteiger partial charge < -0.3 is 13.9 Å². The van der Waals surface area contributed by atoms with Gasteiger partial charge in [-0.2, -0.15) is 0 Å². The molecule has 28 heavy (non-hydrogen) atoms. The zero-order valence-corrected chi connectivity index (χ0v) is 15.6. The van der Waals surface area contributed by atoms with Crippen molar-refractivity contribution in [3.63, 3.8) is 0 Å². The lowest BCUT2D eigenvalue weighted by atomic mass is 10.0. The summed E-state index contributed by atoms with van der Waals surface area (Å²) in [7, 11) is 0. The van der Waals surface area contributed by atoms with Gasteiger partial charge in [0.05, 0.1) is 23.4 Å². The van der Waals surface area contributed by atoms with E-state index in [2.05, 4.69) is 48.2 Å². The molecule has 0 unspecified atom stereocenters. The van der Waals surface area contributed by atoms with E-state index in [1.165, 1.54) is 11.1 Å². The van der Waals surface area contributed by atoms with E-state index >= 15 is 0 Å². The summed E-state index contributed by atoms with van der Waals surface area (Å²) < 4.78 is 18.7. The van der Waals surface area contributed by atoms with Gasteiger partial charge >= 0.3 is 0 Å². The fourth-order valence-electron chi connectivity index (χ4n) is 4.16. The predicted octanol–water partition coefficient (Wildman–Crippen LogP) is 6.64. The standard InChI is InChI=1S/C24H19NO3/c1-15-11-12-20-17(14-15)23-24(28-20)25(18-8-2-3-10-21(18)27-23)19-9-4-6-16-7-5-13-26-22(16)19/h2-4,6,8-12,14H,5,7,13H2,1H3. The summed E-state index contributed by atoms with van der Waals surface area (Å²) in [5.74, 6) is 3.20. The van der Waals surface area contributed by atoms with Gasteiger partial charge in [-0.3, -0.25) is 4.90 Å². The van der Waals surface area contributed by atoms with Gasteiger partial charge in [-0.15, -0.1) is 0 Å². The third kappa shape index (κ3) is 2.18. The highest BCUT2D eigenvalue weighted by Crippen LogP contribution is 2.56. The molecular weight excluding hydrogens is 350 g/mol. The molecule has 0 N–H and O–H groups in total. The molecule has 3 aromatic carbocycles. The van der Waals surface area contributed by atoms with Crippen LogP contribution in [0.3, 0.4) is 0 Å². The molecular formula is C24H19NO3. The Morgan fingerprint density at radius 3 is 2.75 bits per heavy atom. The van der Waals surface area contributed by atoms with E-state index in [0.29, 0.717) is 5.88 Å². The number of hydrogen-bond acceptors (Lipinski definition) is 4. The van der Waals surface area contributed by atoms with Crippen LogP contribution in [0.15, 0.2) is 65.1 Å². The second kappa shape index (κ2) is 5.80. The average Bonchev–Trinajstić information content (AvgIpc) is 3.09. The summed E-state index contributed by atoms with van der Waals surface area (Å²) in [6.45, 7) is 2.82. The van der Waals surface area contributed by atoms with Gasteiger partial charge in [-0.05, 0) is 55.7 Å². The van der Waals surface area contributed by atoms with Crippen LogP contribution in [0.2, 0.25) is 0 Å². The Kier molecular flexibility index (Phi) is 3.24. The van der Waals surface area contributed by atoms with Gasteiger partial charge in [0.15, 0.2) is 11.5 Å². The van der Waals surface area contributed by atoms with Crippen LogP contribution in [-0.4, -0.2) is 6.61 Å². The number of para-hydroxylation sites is 3. The number of rotatable bonds is 1. The third-order valence-electron chi connectivity index (χ3n) is 5.46. The lowest BCUT2D eigenvalue weighted by Gasteiger charge is -2.32. The summed E-state index contributed by atoms with van der Waals surface area (Å²) >= 11 is 0. The molecule has 4 heteroatoms. The smallest absolute Gasteiger partial charge is 0.249 e. The van der Waals surface area contributed by atoms with Gasteiger partial charge in [0.1, 0.15) is 11.3 Å². The first-order valence-electron chi connectivity index (χ1n) is 9.64. The minimum Gasteiger partial charge on any atom is -0.491 e. The van der Waals surface area contributed by atoms with Crippen LogP contribution in [0.1, 0.15) is 17.5 Å². The van der Waals surface area contributed by atoms with Gasteiger partial charge in [0.2, 0.25) is 5.88 Å². The second-order valence-corrected chi connectivity index (χ2v) is 7.36. The van der Waals surface area contributed by atoms with E-state index in [9.17, 15) is 0 Å². The minimum atomic E-state index is 0.696. The average molecular weight is 369 g/mol. The predicted molar refractivity (Wildman–Crippen MR) is 110 cm³/mol. The maximum atomic E-state index is 6.31. The molecule has 4 aromatic rings. The molecule has 0 saturated heterocycles. The third-order valence-corrected chi connectivity index (χ3v) is 5.46. The SMILES string of the molecule is Cc1ccc2oc3c(c2c1)Oc1ccccc1N3c1cccc2c1OCCC2. The lowest BCUT2D eigenvalue weighted by Crippen LogP contribution is -2.18. The number of aryl methyl sites for hydroxylation is 2. The van der Waals surface area contributed by atoms with E-state index in [1.807, 2.05) is 24.3 Å². The molecule has 4 nitrogen and oxygen atoms in total. The van der Waals surface area contributed by atoms with Crippen LogP contribution in [0.5, 0.6) is 17.2 Å². The fourth-order valence-corrected chi connectivity index (χ4v) is 4.16. The number of hydrogen-bond donors (Lipinski definition) is 0. The number of benzene rings is 3. The molecule has 1 aromatic heterocycles. The molecule has 0 saturated carbocycles. The van der Waals surface area contributed by atoms with E-state index in [4.69, 9.17) is 13.9 Å². The van der Waals surface area contributed by atoms with Crippen molar-refractivity contribution >= 4 is 28.2 Å². The highest BCUT2D eigenvalue weighted by atomic mass is 16.5. The Labute approximate surface area is 162 Å². The van der Waals surface area contributed by atoms with Gasteiger partial charge in [0.25, 0.3) is 0 Å². The van der Waals surface area contributed by atoms with Crippen LogP contribution in [0, 0.1) is 6.92 Å². The summed E-state index contributed by atoms with van der Waals surface area (Å²) in [4.78, 5) is 2.13. The van der Waals surface area contributed by atoms with Crippen LogP contribution in [-0.2, 0) is 6.42 Å². The number of anilines is 3. The maximum Gasteiger partial charge on any atom is 0.249 e. The number of fused-ring (bicyclic) bond motifs is 5. The highest BCUT2D eigenvalue weighted by Gasteiger charge is 2.33. The number of nitrogens with zero attached hydrogens (tertiary/aromatic N) is 1. The van der Waals surface area contributed by atoms with E-state index < -0.39 is 0 Å². The van der Waals surface area contributed by atoms with Crippen LogP contribution >= 0.6 is 0 Å². The molecule has 138 valence electrons. The Morgan fingerprint density at radius 2 is 1.79 bits per heavy atom. The molecule has 0 aliphatic carbocycles. The minimum absolute atomic E-state index is 0.696. The normalized spacial score (nSPS) is 14.7. The molecule has 6 rings (SSSR count). The molecule has 0 atom stereocenters. The molecule has 0 bridgehead atoms. The van der Waals surface area contributed by atoms with Crippen LogP contribution in [0.25, 0.3) is 11.0 Å². The van der Waals surface area contributed by atoms with E-state index in [-0.39, 0.29) is 0 Å². The van der Waals surface area contributed by atoms with Gasteiger partial charge in [-0.1, -0.05) is 35.9 Å². The van der Waals surface area contributed by atoms with Crippen molar-refractivity contribution in [3.8, 4) is 17.2 Å². The van der Waals surface area contributed by atoms with Crippen molar-refractivity contribution in [1.29, 1.82) is 0 Å². The van der Waals surface area contributed by atoms with Crippen molar-refractivity contribution < 1.29 is 13.9 Å². The Hall–Kier alpha value is -3.40. The first-order chi connectivity index (χ1) is 13.8.